The van der Waals surface area contributed by atoms with Gasteiger partial charge in [-0.05, 0) is 33.2 Å². The summed E-state index contributed by atoms with van der Waals surface area (Å²) in [7, 11) is 2.10. The standard InChI is InChI=1S/C10H23NO/c1-9(2)8-11(5)7-6-10(3,4)12/h9,12H,6-8H2,1-5H3. The van der Waals surface area contributed by atoms with Crippen LogP contribution in [0.2, 0.25) is 0 Å². The van der Waals surface area contributed by atoms with Gasteiger partial charge < -0.3 is 10.0 Å². The van der Waals surface area contributed by atoms with Crippen LogP contribution < -0.4 is 0 Å². The molecule has 0 aromatic carbocycles. The lowest BCUT2D eigenvalue weighted by Crippen LogP contribution is -2.30. The molecule has 0 saturated carbocycles. The average molecular weight is 173 g/mol. The molecule has 0 aliphatic carbocycles. The maximum Gasteiger partial charge on any atom is 0.0603 e. The summed E-state index contributed by atoms with van der Waals surface area (Å²) in [5, 5.41) is 9.47. The van der Waals surface area contributed by atoms with Crippen molar-refractivity contribution in [2.45, 2.75) is 39.7 Å². The van der Waals surface area contributed by atoms with Crippen LogP contribution >= 0.6 is 0 Å². The highest BCUT2D eigenvalue weighted by Crippen LogP contribution is 2.08. The van der Waals surface area contributed by atoms with E-state index in [-0.39, 0.29) is 0 Å². The molecule has 0 aromatic heterocycles. The minimum Gasteiger partial charge on any atom is -0.390 e. The SMILES string of the molecule is CC(C)CN(C)CCC(C)(C)O. The van der Waals surface area contributed by atoms with E-state index in [4.69, 9.17) is 0 Å². The van der Waals surface area contributed by atoms with E-state index < -0.39 is 5.60 Å². The van der Waals surface area contributed by atoms with Crippen LogP contribution in [0.1, 0.15) is 34.1 Å². The van der Waals surface area contributed by atoms with Crippen molar-refractivity contribution in [2.24, 2.45) is 5.92 Å². The van der Waals surface area contributed by atoms with E-state index in [1.165, 1.54) is 0 Å². The van der Waals surface area contributed by atoms with Crippen LogP contribution in [0.5, 0.6) is 0 Å². The molecule has 0 amide bonds. The Morgan fingerprint density at radius 1 is 1.33 bits per heavy atom. The summed E-state index contributed by atoms with van der Waals surface area (Å²) in [6.07, 6.45) is 0.843. The molecular formula is C10H23NO. The first-order chi connectivity index (χ1) is 5.31. The van der Waals surface area contributed by atoms with Crippen LogP contribution in [0.15, 0.2) is 0 Å². The van der Waals surface area contributed by atoms with Gasteiger partial charge in [0, 0.05) is 13.1 Å². The van der Waals surface area contributed by atoms with Gasteiger partial charge in [0.1, 0.15) is 0 Å². The van der Waals surface area contributed by atoms with Gasteiger partial charge in [-0.2, -0.15) is 0 Å². The number of rotatable bonds is 5. The molecule has 0 spiro atoms. The molecule has 74 valence electrons. The molecule has 0 heterocycles. The zero-order valence-corrected chi connectivity index (χ0v) is 9.09. The second kappa shape index (κ2) is 4.83. The van der Waals surface area contributed by atoms with E-state index in [0.29, 0.717) is 5.92 Å². The van der Waals surface area contributed by atoms with Crippen molar-refractivity contribution < 1.29 is 5.11 Å². The Labute approximate surface area is 76.6 Å². The van der Waals surface area contributed by atoms with Crippen molar-refractivity contribution in [1.82, 2.24) is 4.90 Å². The van der Waals surface area contributed by atoms with Crippen molar-refractivity contribution >= 4 is 0 Å². The quantitative estimate of drug-likeness (QED) is 0.684. The van der Waals surface area contributed by atoms with Gasteiger partial charge in [-0.25, -0.2) is 0 Å². The summed E-state index contributed by atoms with van der Waals surface area (Å²) in [6.45, 7) is 10.2. The summed E-state index contributed by atoms with van der Waals surface area (Å²) in [5.41, 5.74) is -0.523. The lowest BCUT2D eigenvalue weighted by atomic mass is 10.1. The van der Waals surface area contributed by atoms with Crippen molar-refractivity contribution in [1.29, 1.82) is 0 Å². The second-order valence-electron chi connectivity index (χ2n) is 4.72. The molecule has 2 nitrogen and oxygen atoms in total. The van der Waals surface area contributed by atoms with Crippen LogP contribution in [0.3, 0.4) is 0 Å². The molecule has 0 atom stereocenters. The Morgan fingerprint density at radius 3 is 2.17 bits per heavy atom. The summed E-state index contributed by atoms with van der Waals surface area (Å²) in [4.78, 5) is 2.27. The predicted molar refractivity (Wildman–Crippen MR) is 53.2 cm³/mol. The van der Waals surface area contributed by atoms with Gasteiger partial charge in [0.2, 0.25) is 0 Å². The second-order valence-corrected chi connectivity index (χ2v) is 4.72. The zero-order chi connectivity index (χ0) is 9.78. The molecule has 0 fully saturated rings. The number of aliphatic hydroxyl groups is 1. The van der Waals surface area contributed by atoms with Crippen molar-refractivity contribution in [3.8, 4) is 0 Å². The van der Waals surface area contributed by atoms with E-state index >= 15 is 0 Å². The Bertz CT molecular complexity index is 115. The lowest BCUT2D eigenvalue weighted by molar-refractivity contribution is 0.0595. The average Bonchev–Trinajstić information content (AvgIpc) is 1.80. The molecule has 0 aliphatic rings. The van der Waals surface area contributed by atoms with Crippen LogP contribution in [-0.4, -0.2) is 35.7 Å². The lowest BCUT2D eigenvalue weighted by Gasteiger charge is -2.23. The fraction of sp³-hybridized carbons (Fsp3) is 1.00. The molecule has 0 aromatic rings. The fourth-order valence-electron chi connectivity index (χ4n) is 1.18. The van der Waals surface area contributed by atoms with Gasteiger partial charge in [0.15, 0.2) is 0 Å². The van der Waals surface area contributed by atoms with Gasteiger partial charge in [-0.15, -0.1) is 0 Å². The molecule has 0 saturated heterocycles. The van der Waals surface area contributed by atoms with E-state index in [0.717, 1.165) is 19.5 Å². The predicted octanol–water partition coefficient (Wildman–Crippen LogP) is 1.74. The summed E-state index contributed by atoms with van der Waals surface area (Å²) in [6, 6.07) is 0. The number of nitrogens with zero attached hydrogens (tertiary/aromatic N) is 1. The monoisotopic (exact) mass is 173 g/mol. The topological polar surface area (TPSA) is 23.5 Å². The van der Waals surface area contributed by atoms with Gasteiger partial charge in [-0.1, -0.05) is 13.8 Å². The Hall–Kier alpha value is -0.0800. The zero-order valence-electron chi connectivity index (χ0n) is 9.09. The van der Waals surface area contributed by atoms with E-state index in [1.807, 2.05) is 13.8 Å². The van der Waals surface area contributed by atoms with Crippen LogP contribution in [0.25, 0.3) is 0 Å². The molecule has 2 heteroatoms. The highest BCUT2D eigenvalue weighted by atomic mass is 16.3. The Kier molecular flexibility index (Phi) is 4.80. The maximum atomic E-state index is 9.47. The van der Waals surface area contributed by atoms with Crippen LogP contribution in [0.4, 0.5) is 0 Å². The third-order valence-corrected chi connectivity index (χ3v) is 1.78. The fourth-order valence-corrected chi connectivity index (χ4v) is 1.18. The number of hydrogen-bond acceptors (Lipinski definition) is 2. The van der Waals surface area contributed by atoms with E-state index in [1.54, 1.807) is 0 Å². The molecule has 1 N–H and O–H groups in total. The van der Waals surface area contributed by atoms with Gasteiger partial charge >= 0.3 is 0 Å². The first-order valence-corrected chi connectivity index (χ1v) is 4.72. The van der Waals surface area contributed by atoms with Crippen LogP contribution in [0, 0.1) is 5.92 Å². The van der Waals surface area contributed by atoms with Gasteiger partial charge in [0.25, 0.3) is 0 Å². The van der Waals surface area contributed by atoms with Gasteiger partial charge in [0.05, 0.1) is 5.60 Å². The van der Waals surface area contributed by atoms with E-state index in [2.05, 4.69) is 25.8 Å². The summed E-state index contributed by atoms with van der Waals surface area (Å²) >= 11 is 0. The molecule has 0 bridgehead atoms. The third-order valence-electron chi connectivity index (χ3n) is 1.78. The molecule has 0 aliphatic heterocycles. The minimum absolute atomic E-state index is 0.523. The molecule has 0 radical (unpaired) electrons. The first-order valence-electron chi connectivity index (χ1n) is 4.72. The molecule has 0 rings (SSSR count). The normalized spacial score (nSPS) is 13.0. The maximum absolute atomic E-state index is 9.47. The van der Waals surface area contributed by atoms with E-state index in [9.17, 15) is 5.11 Å². The first kappa shape index (κ1) is 11.9. The molecular weight excluding hydrogens is 150 g/mol. The molecule has 0 unspecified atom stereocenters. The summed E-state index contributed by atoms with van der Waals surface area (Å²) in [5.74, 6) is 0.705. The summed E-state index contributed by atoms with van der Waals surface area (Å²) < 4.78 is 0. The minimum atomic E-state index is -0.523. The number of hydrogen-bond donors (Lipinski definition) is 1. The van der Waals surface area contributed by atoms with Crippen LogP contribution in [-0.2, 0) is 0 Å². The third kappa shape index (κ3) is 8.02. The highest BCUT2D eigenvalue weighted by Gasteiger charge is 2.13. The van der Waals surface area contributed by atoms with Gasteiger partial charge in [-0.3, -0.25) is 0 Å². The highest BCUT2D eigenvalue weighted by molar-refractivity contribution is 4.67. The smallest absolute Gasteiger partial charge is 0.0603 e. The van der Waals surface area contributed by atoms with Crippen molar-refractivity contribution in [2.75, 3.05) is 20.1 Å². The Balaban J connectivity index is 3.51. The van der Waals surface area contributed by atoms with Crippen molar-refractivity contribution in [3.05, 3.63) is 0 Å². The molecule has 12 heavy (non-hydrogen) atoms. The van der Waals surface area contributed by atoms with Crippen molar-refractivity contribution in [3.63, 3.8) is 0 Å². The largest absolute Gasteiger partial charge is 0.390 e. The Morgan fingerprint density at radius 2 is 1.83 bits per heavy atom.